The van der Waals surface area contributed by atoms with Crippen LogP contribution in [0.3, 0.4) is 0 Å². The first-order valence-corrected chi connectivity index (χ1v) is 11.1. The summed E-state index contributed by atoms with van der Waals surface area (Å²) in [5.74, 6) is 0. The summed E-state index contributed by atoms with van der Waals surface area (Å²) in [6, 6.07) is 19.7. The molecule has 3 aliphatic heterocycles. The van der Waals surface area contributed by atoms with Crippen molar-refractivity contribution in [2.24, 2.45) is 0 Å². The van der Waals surface area contributed by atoms with Crippen molar-refractivity contribution < 1.29 is 0 Å². The van der Waals surface area contributed by atoms with Crippen LogP contribution in [0.25, 0.3) is 0 Å². The second-order valence-electron chi connectivity index (χ2n) is 8.93. The molecule has 2 bridgehead atoms. The first-order chi connectivity index (χ1) is 11.4. The van der Waals surface area contributed by atoms with Gasteiger partial charge >= 0.3 is 0 Å². The van der Waals surface area contributed by atoms with E-state index in [1.807, 2.05) is 0 Å². The molecule has 0 N–H and O–H groups in total. The molecule has 0 aromatic heterocycles. The molecule has 2 unspecified atom stereocenters. The van der Waals surface area contributed by atoms with Gasteiger partial charge in [0.15, 0.2) is 11.3 Å². The summed E-state index contributed by atoms with van der Waals surface area (Å²) in [6.45, 7) is 12.3. The molecule has 0 radical (unpaired) electrons. The fourth-order valence-electron chi connectivity index (χ4n) is 5.94. The lowest BCUT2D eigenvalue weighted by molar-refractivity contribution is 0.309. The minimum Gasteiger partial charge on any atom is -0.164 e. The Morgan fingerprint density at radius 3 is 1.58 bits per heavy atom. The van der Waals surface area contributed by atoms with Gasteiger partial charge < -0.3 is 0 Å². The predicted molar refractivity (Wildman–Crippen MR) is 104 cm³/mol. The van der Waals surface area contributed by atoms with Crippen LogP contribution in [0.5, 0.6) is 0 Å². The Labute approximate surface area is 146 Å². The van der Waals surface area contributed by atoms with Crippen molar-refractivity contribution in [3.05, 3.63) is 70.8 Å². The third-order valence-corrected chi connectivity index (χ3v) is 12.6. The highest BCUT2D eigenvalue weighted by Gasteiger charge is 2.88. The van der Waals surface area contributed by atoms with Gasteiger partial charge in [-0.25, -0.2) is 0 Å². The van der Waals surface area contributed by atoms with Crippen molar-refractivity contribution in [1.82, 2.24) is 4.67 Å². The monoisotopic (exact) mass is 336 g/mol. The van der Waals surface area contributed by atoms with Gasteiger partial charge in [0.1, 0.15) is 7.41 Å². The molecule has 0 aliphatic carbocycles. The molecule has 1 saturated heterocycles. The van der Waals surface area contributed by atoms with E-state index in [-0.39, 0.29) is 0 Å². The molecule has 2 aromatic rings. The van der Waals surface area contributed by atoms with Crippen LogP contribution in [0.1, 0.15) is 74.2 Å². The van der Waals surface area contributed by atoms with Crippen LogP contribution in [0, 0.1) is 0 Å². The van der Waals surface area contributed by atoms with Gasteiger partial charge in [-0.05, 0) is 45.7 Å². The minimum absolute atomic E-state index is 0.367. The summed E-state index contributed by atoms with van der Waals surface area (Å²) < 4.78 is 2.98. The van der Waals surface area contributed by atoms with Crippen LogP contribution >= 0.6 is 7.41 Å². The molecule has 2 atom stereocenters. The van der Waals surface area contributed by atoms with Crippen molar-refractivity contribution in [3.8, 4) is 0 Å². The van der Waals surface area contributed by atoms with Crippen LogP contribution in [0.15, 0.2) is 48.5 Å². The quantitative estimate of drug-likeness (QED) is 0.549. The number of fused-ring (bicyclic) bond motifs is 8. The molecule has 3 heterocycles. The van der Waals surface area contributed by atoms with Crippen LogP contribution in [-0.4, -0.2) is 15.9 Å². The van der Waals surface area contributed by atoms with E-state index in [1.54, 1.807) is 22.3 Å². The Kier molecular flexibility index (Phi) is 2.84. The maximum absolute atomic E-state index is 2.98. The van der Waals surface area contributed by atoms with Crippen LogP contribution in [0.2, 0.25) is 0 Å². The van der Waals surface area contributed by atoms with E-state index >= 15 is 0 Å². The normalized spacial score (nSPS) is 33.2. The van der Waals surface area contributed by atoms with E-state index in [0.717, 1.165) is 11.3 Å². The molecule has 1 nitrogen and oxygen atoms in total. The van der Waals surface area contributed by atoms with Crippen molar-refractivity contribution in [2.45, 2.75) is 63.2 Å². The van der Waals surface area contributed by atoms with Gasteiger partial charge in [-0.15, -0.1) is 0 Å². The fraction of sp³-hybridized carbons (Fsp3) is 0.455. The van der Waals surface area contributed by atoms with Gasteiger partial charge in [0, 0.05) is 17.2 Å². The molecular formula is C22H27NP+. The smallest absolute Gasteiger partial charge is 0.154 e. The van der Waals surface area contributed by atoms with Gasteiger partial charge in [0.2, 0.25) is 0 Å². The summed E-state index contributed by atoms with van der Waals surface area (Å²) in [6.07, 6.45) is 0. The number of benzene rings is 2. The zero-order valence-corrected chi connectivity index (χ0v) is 16.2. The Bertz CT molecular complexity index is 778. The molecule has 5 rings (SSSR count). The highest BCUT2D eigenvalue weighted by atomic mass is 31.2. The van der Waals surface area contributed by atoms with Gasteiger partial charge in [-0.1, -0.05) is 48.5 Å². The molecule has 2 aromatic carbocycles. The van der Waals surface area contributed by atoms with E-state index in [2.05, 4.69) is 87.8 Å². The van der Waals surface area contributed by atoms with Crippen molar-refractivity contribution in [1.29, 1.82) is 0 Å². The summed E-state index contributed by atoms with van der Waals surface area (Å²) in [5.41, 5.74) is 7.95. The lowest BCUT2D eigenvalue weighted by Gasteiger charge is -2.47. The number of hydrogen-bond donors (Lipinski definition) is 0. The summed E-state index contributed by atoms with van der Waals surface area (Å²) >= 11 is 0. The zero-order valence-electron chi connectivity index (χ0n) is 15.3. The SMILES string of the molecule is CC(C)N1C2c3ccccc3C3C(c4ccccc42)[P+]31C(C)(C)C. The Balaban J connectivity index is 1.89. The Morgan fingerprint density at radius 1 is 0.792 bits per heavy atom. The lowest BCUT2D eigenvalue weighted by Crippen LogP contribution is -2.41. The fourth-order valence-corrected chi connectivity index (χ4v) is 12.9. The van der Waals surface area contributed by atoms with Crippen LogP contribution in [0.4, 0.5) is 0 Å². The maximum Gasteiger partial charge on any atom is 0.154 e. The molecule has 0 spiro atoms. The topological polar surface area (TPSA) is 3.24 Å². The van der Waals surface area contributed by atoms with Gasteiger partial charge in [0.05, 0.1) is 11.2 Å². The van der Waals surface area contributed by atoms with Crippen molar-refractivity contribution >= 4 is 7.41 Å². The maximum atomic E-state index is 2.98. The van der Waals surface area contributed by atoms with E-state index < -0.39 is 7.41 Å². The van der Waals surface area contributed by atoms with Crippen molar-refractivity contribution in [2.75, 3.05) is 0 Å². The van der Waals surface area contributed by atoms with Gasteiger partial charge in [0.25, 0.3) is 0 Å². The van der Waals surface area contributed by atoms with Gasteiger partial charge in [-0.3, -0.25) is 0 Å². The number of hydrogen-bond acceptors (Lipinski definition) is 1. The molecule has 1 fully saturated rings. The highest BCUT2D eigenvalue weighted by Crippen LogP contribution is 3.08. The third kappa shape index (κ3) is 1.50. The highest BCUT2D eigenvalue weighted by molar-refractivity contribution is 7.83. The summed E-state index contributed by atoms with van der Waals surface area (Å²) in [5, 5.41) is 0.367. The molecule has 2 heteroatoms. The molecule has 124 valence electrons. The largest absolute Gasteiger partial charge is 0.164 e. The zero-order chi connectivity index (χ0) is 16.9. The molecule has 3 aliphatic rings. The Hall–Kier alpha value is -1.17. The standard InChI is InChI=1S/C22H27NP/c1-14(2)23-19-15-10-6-8-12-17(15)20-21(24(20,23)22(3,4)5)18-13-9-7-11-16(18)19/h6-14,19-21H,1-5H3/q+1. The average molecular weight is 336 g/mol. The first kappa shape index (κ1) is 15.1. The predicted octanol–water partition coefficient (Wildman–Crippen LogP) is 6.34. The third-order valence-electron chi connectivity index (χ3n) is 6.53. The number of rotatable bonds is 1. The lowest BCUT2D eigenvalue weighted by atomic mass is 9.93. The van der Waals surface area contributed by atoms with E-state index in [9.17, 15) is 0 Å². The van der Waals surface area contributed by atoms with Crippen LogP contribution < -0.4 is 0 Å². The van der Waals surface area contributed by atoms with E-state index in [4.69, 9.17) is 0 Å². The molecule has 0 saturated carbocycles. The molecular weight excluding hydrogens is 309 g/mol. The van der Waals surface area contributed by atoms with Crippen molar-refractivity contribution in [3.63, 3.8) is 0 Å². The van der Waals surface area contributed by atoms with Gasteiger partial charge in [-0.2, -0.15) is 4.67 Å². The summed E-state index contributed by atoms with van der Waals surface area (Å²) in [4.78, 5) is 0. The Morgan fingerprint density at radius 2 is 1.21 bits per heavy atom. The molecule has 0 amide bonds. The van der Waals surface area contributed by atoms with E-state index in [0.29, 0.717) is 17.2 Å². The first-order valence-electron chi connectivity index (χ1n) is 9.25. The summed E-state index contributed by atoms with van der Waals surface area (Å²) in [7, 11) is -1.24. The van der Waals surface area contributed by atoms with E-state index in [1.165, 1.54) is 0 Å². The van der Waals surface area contributed by atoms with Crippen LogP contribution in [-0.2, 0) is 0 Å². The molecule has 24 heavy (non-hydrogen) atoms. The minimum atomic E-state index is -1.24. The second-order valence-corrected chi connectivity index (χ2v) is 13.3. The number of nitrogens with zero attached hydrogens (tertiary/aromatic N) is 1. The average Bonchev–Trinajstić information content (AvgIpc) is 3.28. The second kappa shape index (κ2) is 4.51.